The van der Waals surface area contributed by atoms with Crippen LogP contribution in [-0.4, -0.2) is 23.3 Å². The molecule has 20 heavy (non-hydrogen) atoms. The minimum atomic E-state index is 0.652. The summed E-state index contributed by atoms with van der Waals surface area (Å²) in [7, 11) is 1.77. The van der Waals surface area contributed by atoms with Crippen LogP contribution in [0.15, 0.2) is 24.3 Å². The van der Waals surface area contributed by atoms with Gasteiger partial charge in [-0.3, -0.25) is 0 Å². The summed E-state index contributed by atoms with van der Waals surface area (Å²) in [5.41, 5.74) is 2.43. The third kappa shape index (κ3) is 2.73. The molecule has 0 spiro atoms. The molecule has 0 N–H and O–H groups in total. The summed E-state index contributed by atoms with van der Waals surface area (Å²) in [6.45, 7) is 1.83. The SMILES string of the molecule is COCCCn1c(C2CCCCC2)nc2ccccc21. The summed E-state index contributed by atoms with van der Waals surface area (Å²) >= 11 is 0. The molecule has 3 rings (SSSR count). The van der Waals surface area contributed by atoms with Gasteiger partial charge in [0, 0.05) is 26.2 Å². The van der Waals surface area contributed by atoms with E-state index in [9.17, 15) is 0 Å². The molecule has 1 aromatic heterocycles. The molecule has 3 heteroatoms. The number of aryl methyl sites for hydroxylation is 1. The number of nitrogens with zero attached hydrogens (tertiary/aromatic N) is 2. The lowest BCUT2D eigenvalue weighted by Gasteiger charge is -2.22. The van der Waals surface area contributed by atoms with Gasteiger partial charge in [0.2, 0.25) is 0 Å². The van der Waals surface area contributed by atoms with Gasteiger partial charge in [0.1, 0.15) is 5.82 Å². The molecule has 1 fully saturated rings. The number of hydrogen-bond acceptors (Lipinski definition) is 2. The minimum Gasteiger partial charge on any atom is -0.385 e. The Hall–Kier alpha value is -1.35. The Bertz CT molecular complexity index is 555. The van der Waals surface area contributed by atoms with Gasteiger partial charge in [0.25, 0.3) is 0 Å². The molecule has 108 valence electrons. The van der Waals surface area contributed by atoms with Crippen molar-refractivity contribution >= 4 is 11.0 Å². The summed E-state index contributed by atoms with van der Waals surface area (Å²) in [4.78, 5) is 4.94. The summed E-state index contributed by atoms with van der Waals surface area (Å²) in [5.74, 6) is 1.96. The van der Waals surface area contributed by atoms with Crippen LogP contribution >= 0.6 is 0 Å². The monoisotopic (exact) mass is 272 g/mol. The first-order valence-electron chi connectivity index (χ1n) is 7.84. The Morgan fingerprint density at radius 2 is 2.00 bits per heavy atom. The van der Waals surface area contributed by atoms with Crippen molar-refractivity contribution < 1.29 is 4.74 Å². The smallest absolute Gasteiger partial charge is 0.112 e. The van der Waals surface area contributed by atoms with E-state index < -0.39 is 0 Å². The van der Waals surface area contributed by atoms with E-state index in [4.69, 9.17) is 9.72 Å². The van der Waals surface area contributed by atoms with Gasteiger partial charge < -0.3 is 9.30 Å². The Morgan fingerprint density at radius 1 is 1.20 bits per heavy atom. The van der Waals surface area contributed by atoms with Crippen molar-refractivity contribution in [1.29, 1.82) is 0 Å². The second kappa shape index (κ2) is 6.40. The average Bonchev–Trinajstić information content (AvgIpc) is 2.87. The first-order chi connectivity index (χ1) is 9.90. The fourth-order valence-electron chi connectivity index (χ4n) is 3.37. The lowest BCUT2D eigenvalue weighted by Crippen LogP contribution is -2.13. The van der Waals surface area contributed by atoms with Crippen molar-refractivity contribution in [2.45, 2.75) is 51.0 Å². The van der Waals surface area contributed by atoms with Crippen LogP contribution in [0.5, 0.6) is 0 Å². The van der Waals surface area contributed by atoms with Crippen LogP contribution in [-0.2, 0) is 11.3 Å². The summed E-state index contributed by atoms with van der Waals surface area (Å²) in [5, 5.41) is 0. The molecule has 0 bridgehead atoms. The molecule has 1 heterocycles. The van der Waals surface area contributed by atoms with Crippen LogP contribution in [0.3, 0.4) is 0 Å². The zero-order valence-electron chi connectivity index (χ0n) is 12.3. The van der Waals surface area contributed by atoms with Gasteiger partial charge in [-0.2, -0.15) is 0 Å². The topological polar surface area (TPSA) is 27.1 Å². The second-order valence-electron chi connectivity index (χ2n) is 5.79. The molecule has 1 aromatic carbocycles. The lowest BCUT2D eigenvalue weighted by molar-refractivity contribution is 0.190. The van der Waals surface area contributed by atoms with E-state index in [2.05, 4.69) is 28.8 Å². The molecule has 0 saturated heterocycles. The Balaban J connectivity index is 1.93. The number of ether oxygens (including phenoxy) is 1. The highest BCUT2D eigenvalue weighted by atomic mass is 16.5. The maximum absolute atomic E-state index is 5.20. The summed E-state index contributed by atoms with van der Waals surface area (Å²) in [6.07, 6.45) is 7.75. The van der Waals surface area contributed by atoms with Gasteiger partial charge in [-0.15, -0.1) is 0 Å². The largest absolute Gasteiger partial charge is 0.385 e. The molecule has 0 aliphatic heterocycles. The highest BCUT2D eigenvalue weighted by Crippen LogP contribution is 2.33. The van der Waals surface area contributed by atoms with Crippen molar-refractivity contribution in [2.24, 2.45) is 0 Å². The van der Waals surface area contributed by atoms with Gasteiger partial charge >= 0.3 is 0 Å². The predicted molar refractivity (Wildman–Crippen MR) is 82.1 cm³/mol. The number of methoxy groups -OCH3 is 1. The quantitative estimate of drug-likeness (QED) is 0.766. The standard InChI is InChI=1S/C17H24N2O/c1-20-13-7-12-19-16-11-6-5-10-15(16)18-17(19)14-8-3-2-4-9-14/h5-6,10-11,14H,2-4,7-9,12-13H2,1H3. The minimum absolute atomic E-state index is 0.652. The fraction of sp³-hybridized carbons (Fsp3) is 0.588. The maximum atomic E-state index is 5.20. The Kier molecular flexibility index (Phi) is 4.36. The van der Waals surface area contributed by atoms with E-state index in [1.165, 1.54) is 43.4 Å². The highest BCUT2D eigenvalue weighted by Gasteiger charge is 2.22. The zero-order valence-corrected chi connectivity index (χ0v) is 12.3. The van der Waals surface area contributed by atoms with E-state index in [-0.39, 0.29) is 0 Å². The fourth-order valence-corrected chi connectivity index (χ4v) is 3.37. The van der Waals surface area contributed by atoms with E-state index >= 15 is 0 Å². The lowest BCUT2D eigenvalue weighted by atomic mass is 9.88. The van der Waals surface area contributed by atoms with Crippen molar-refractivity contribution in [3.8, 4) is 0 Å². The van der Waals surface area contributed by atoms with Crippen LogP contribution in [0.2, 0.25) is 0 Å². The van der Waals surface area contributed by atoms with Crippen LogP contribution < -0.4 is 0 Å². The molecule has 3 nitrogen and oxygen atoms in total. The second-order valence-corrected chi connectivity index (χ2v) is 5.79. The number of para-hydroxylation sites is 2. The number of aromatic nitrogens is 2. The van der Waals surface area contributed by atoms with Crippen LogP contribution in [0, 0.1) is 0 Å². The van der Waals surface area contributed by atoms with Gasteiger partial charge in [0.15, 0.2) is 0 Å². The zero-order chi connectivity index (χ0) is 13.8. The average molecular weight is 272 g/mol. The van der Waals surface area contributed by atoms with E-state index in [0.29, 0.717) is 5.92 Å². The molecule has 0 atom stereocenters. The van der Waals surface area contributed by atoms with E-state index in [1.807, 2.05) is 0 Å². The number of benzene rings is 1. The third-order valence-electron chi connectivity index (χ3n) is 4.38. The Morgan fingerprint density at radius 3 is 2.80 bits per heavy atom. The first kappa shape index (κ1) is 13.6. The van der Waals surface area contributed by atoms with E-state index in [1.54, 1.807) is 7.11 Å². The number of rotatable bonds is 5. The molecule has 0 unspecified atom stereocenters. The molecule has 1 saturated carbocycles. The molecule has 0 amide bonds. The van der Waals surface area contributed by atoms with Gasteiger partial charge in [-0.05, 0) is 31.4 Å². The summed E-state index contributed by atoms with van der Waals surface area (Å²) in [6, 6.07) is 8.52. The molecule has 0 radical (unpaired) electrons. The first-order valence-corrected chi connectivity index (χ1v) is 7.84. The van der Waals surface area contributed by atoms with Gasteiger partial charge in [-0.1, -0.05) is 31.4 Å². The molecular formula is C17H24N2O. The predicted octanol–water partition coefficient (Wildman–Crippen LogP) is 4.12. The molecular weight excluding hydrogens is 248 g/mol. The molecule has 2 aromatic rings. The number of imidazole rings is 1. The molecule has 1 aliphatic rings. The normalized spacial score (nSPS) is 16.9. The van der Waals surface area contributed by atoms with Crippen molar-refractivity contribution in [1.82, 2.24) is 9.55 Å². The van der Waals surface area contributed by atoms with Crippen LogP contribution in [0.4, 0.5) is 0 Å². The van der Waals surface area contributed by atoms with Crippen molar-refractivity contribution in [3.05, 3.63) is 30.1 Å². The number of hydrogen-bond donors (Lipinski definition) is 0. The summed E-state index contributed by atoms with van der Waals surface area (Å²) < 4.78 is 7.64. The van der Waals surface area contributed by atoms with Crippen LogP contribution in [0.1, 0.15) is 50.3 Å². The van der Waals surface area contributed by atoms with E-state index in [0.717, 1.165) is 25.1 Å². The van der Waals surface area contributed by atoms with Crippen molar-refractivity contribution in [3.63, 3.8) is 0 Å². The van der Waals surface area contributed by atoms with Crippen molar-refractivity contribution in [2.75, 3.05) is 13.7 Å². The number of fused-ring (bicyclic) bond motifs is 1. The third-order valence-corrected chi connectivity index (χ3v) is 4.38. The maximum Gasteiger partial charge on any atom is 0.112 e. The molecule has 1 aliphatic carbocycles. The van der Waals surface area contributed by atoms with Crippen LogP contribution in [0.25, 0.3) is 11.0 Å². The van der Waals surface area contributed by atoms with Gasteiger partial charge in [0.05, 0.1) is 11.0 Å². The van der Waals surface area contributed by atoms with Gasteiger partial charge in [-0.25, -0.2) is 4.98 Å². The highest BCUT2D eigenvalue weighted by molar-refractivity contribution is 5.76. The Labute approximate surface area is 121 Å².